The summed E-state index contributed by atoms with van der Waals surface area (Å²) < 4.78 is 6.66. The Morgan fingerprint density at radius 2 is 1.53 bits per heavy atom. The van der Waals surface area contributed by atoms with Crippen LogP contribution >= 0.6 is 15.9 Å². The van der Waals surface area contributed by atoms with Crippen LogP contribution in [0.1, 0.15) is 74.7 Å². The summed E-state index contributed by atoms with van der Waals surface area (Å²) in [5.74, 6) is 0.338. The number of hydrogen-bond donors (Lipinski definition) is 1. The van der Waals surface area contributed by atoms with Gasteiger partial charge in [-0.1, -0.05) is 76.6 Å². The van der Waals surface area contributed by atoms with Crippen LogP contribution in [0.4, 0.5) is 0 Å². The highest BCUT2D eigenvalue weighted by Crippen LogP contribution is 2.39. The minimum Gasteiger partial charge on any atom is -0.492 e. The molecule has 3 aromatic rings. The van der Waals surface area contributed by atoms with Gasteiger partial charge in [0.2, 0.25) is 0 Å². The van der Waals surface area contributed by atoms with Gasteiger partial charge in [-0.25, -0.2) is 14.8 Å². The van der Waals surface area contributed by atoms with Crippen molar-refractivity contribution in [2.45, 2.75) is 65.2 Å². The Hall–Kier alpha value is -2.73. The normalized spacial score (nSPS) is 10.9. The van der Waals surface area contributed by atoms with Gasteiger partial charge in [0.1, 0.15) is 5.75 Å². The van der Waals surface area contributed by atoms with E-state index in [1.54, 1.807) is 12.1 Å². The zero-order valence-corrected chi connectivity index (χ0v) is 21.6. The molecule has 34 heavy (non-hydrogen) atoms. The second-order valence-corrected chi connectivity index (χ2v) is 9.26. The molecule has 0 saturated carbocycles. The molecule has 6 heteroatoms. The first-order chi connectivity index (χ1) is 16.5. The highest BCUT2D eigenvalue weighted by atomic mass is 79.9. The lowest BCUT2D eigenvalue weighted by Crippen LogP contribution is -2.04. The molecule has 0 aliphatic heterocycles. The SMILES string of the molecule is CCCCCCCCOc1ccc(C(=O)O)c(-c2ccc(-c3ncc(CCC)cn3)cc2)c1Br. The summed E-state index contributed by atoms with van der Waals surface area (Å²) in [4.78, 5) is 20.9. The second-order valence-electron chi connectivity index (χ2n) is 8.46. The molecule has 0 aliphatic rings. The van der Waals surface area contributed by atoms with Crippen LogP contribution in [0.5, 0.6) is 5.75 Å². The second kappa shape index (κ2) is 13.2. The molecule has 1 heterocycles. The molecule has 0 spiro atoms. The molecule has 0 amide bonds. The number of rotatable bonds is 13. The van der Waals surface area contributed by atoms with Crippen molar-refractivity contribution in [3.63, 3.8) is 0 Å². The van der Waals surface area contributed by atoms with Crippen molar-refractivity contribution in [3.05, 3.63) is 64.4 Å². The summed E-state index contributed by atoms with van der Waals surface area (Å²) in [6.07, 6.45) is 12.9. The topological polar surface area (TPSA) is 72.3 Å². The Morgan fingerprint density at radius 3 is 2.18 bits per heavy atom. The third kappa shape index (κ3) is 6.89. The molecule has 0 saturated heterocycles. The average molecular weight is 525 g/mol. The standard InChI is InChI=1S/C28H33BrN2O3/c1-3-5-6-7-8-9-17-34-24-16-15-23(28(32)33)25(26(24)29)21-11-13-22(14-12-21)27-30-18-20(10-4-2)19-31-27/h11-16,18-19H,3-10,17H2,1-2H3,(H,32,33). The Labute approximate surface area is 210 Å². The molecule has 0 unspecified atom stereocenters. The smallest absolute Gasteiger partial charge is 0.336 e. The van der Waals surface area contributed by atoms with E-state index >= 15 is 0 Å². The van der Waals surface area contributed by atoms with Gasteiger partial charge < -0.3 is 9.84 Å². The maximum absolute atomic E-state index is 11.9. The third-order valence-corrected chi connectivity index (χ3v) is 6.56. The monoisotopic (exact) mass is 524 g/mol. The van der Waals surface area contributed by atoms with Gasteiger partial charge >= 0.3 is 5.97 Å². The molecule has 1 N–H and O–H groups in total. The number of nitrogens with zero attached hydrogens (tertiary/aromatic N) is 2. The average Bonchev–Trinajstić information content (AvgIpc) is 2.85. The van der Waals surface area contributed by atoms with Crippen LogP contribution in [-0.4, -0.2) is 27.7 Å². The molecule has 2 aromatic carbocycles. The molecule has 0 bridgehead atoms. The summed E-state index contributed by atoms with van der Waals surface area (Å²) in [6.45, 7) is 4.96. The summed E-state index contributed by atoms with van der Waals surface area (Å²) in [7, 11) is 0. The maximum Gasteiger partial charge on any atom is 0.336 e. The first-order valence-corrected chi connectivity index (χ1v) is 12.9. The number of ether oxygens (including phenoxy) is 1. The number of benzene rings is 2. The van der Waals surface area contributed by atoms with Crippen LogP contribution in [0.3, 0.4) is 0 Å². The summed E-state index contributed by atoms with van der Waals surface area (Å²) in [5, 5.41) is 9.78. The summed E-state index contributed by atoms with van der Waals surface area (Å²) in [6, 6.07) is 11.0. The largest absolute Gasteiger partial charge is 0.492 e. The van der Waals surface area contributed by atoms with Crippen LogP contribution in [0.15, 0.2) is 53.3 Å². The lowest BCUT2D eigenvalue weighted by Gasteiger charge is -2.15. The highest BCUT2D eigenvalue weighted by molar-refractivity contribution is 9.10. The van der Waals surface area contributed by atoms with Gasteiger partial charge in [0.25, 0.3) is 0 Å². The van der Waals surface area contributed by atoms with Crippen LogP contribution in [0.2, 0.25) is 0 Å². The van der Waals surface area contributed by atoms with Gasteiger partial charge in [0.15, 0.2) is 5.82 Å². The Kier molecular flexibility index (Phi) is 10.1. The number of carboxylic acid groups (broad SMARTS) is 1. The predicted molar refractivity (Wildman–Crippen MR) is 140 cm³/mol. The number of aromatic carboxylic acids is 1. The fourth-order valence-corrected chi connectivity index (χ4v) is 4.59. The van der Waals surface area contributed by atoms with Crippen LogP contribution < -0.4 is 4.74 Å². The van der Waals surface area contributed by atoms with Crippen LogP contribution in [0, 0.1) is 0 Å². The summed E-state index contributed by atoms with van der Waals surface area (Å²) in [5.41, 5.74) is 3.64. The van der Waals surface area contributed by atoms with E-state index in [0.717, 1.165) is 42.4 Å². The highest BCUT2D eigenvalue weighted by Gasteiger charge is 2.19. The van der Waals surface area contributed by atoms with Crippen molar-refractivity contribution in [2.75, 3.05) is 6.61 Å². The lowest BCUT2D eigenvalue weighted by molar-refractivity contribution is 0.0697. The molecule has 5 nitrogen and oxygen atoms in total. The minimum absolute atomic E-state index is 0.228. The zero-order chi connectivity index (χ0) is 24.3. The molecule has 3 rings (SSSR count). The van der Waals surface area contributed by atoms with E-state index in [2.05, 4.69) is 39.7 Å². The molecule has 180 valence electrons. The fraction of sp³-hybridized carbons (Fsp3) is 0.393. The number of hydrogen-bond acceptors (Lipinski definition) is 4. The molecule has 1 aromatic heterocycles. The molecular weight excluding hydrogens is 492 g/mol. The fourth-order valence-electron chi connectivity index (χ4n) is 3.90. The van der Waals surface area contributed by atoms with Gasteiger partial charge in [-0.15, -0.1) is 0 Å². The molecule has 0 fully saturated rings. The van der Waals surface area contributed by atoms with Gasteiger partial charge in [-0.2, -0.15) is 0 Å². The molecular formula is C28H33BrN2O3. The molecule has 0 radical (unpaired) electrons. The predicted octanol–water partition coefficient (Wildman–Crippen LogP) is 7.96. The van der Waals surface area contributed by atoms with Gasteiger partial charge in [0, 0.05) is 23.5 Å². The first-order valence-electron chi connectivity index (χ1n) is 12.2. The van der Waals surface area contributed by atoms with E-state index in [1.165, 1.54) is 25.7 Å². The number of halogens is 1. The van der Waals surface area contributed by atoms with Crippen molar-refractivity contribution in [2.24, 2.45) is 0 Å². The lowest BCUT2D eigenvalue weighted by atomic mass is 9.98. The van der Waals surface area contributed by atoms with Crippen LogP contribution in [-0.2, 0) is 6.42 Å². The minimum atomic E-state index is -0.975. The molecule has 0 aliphatic carbocycles. The molecule has 0 atom stereocenters. The first kappa shape index (κ1) is 25.9. The van der Waals surface area contributed by atoms with E-state index in [9.17, 15) is 9.90 Å². The third-order valence-electron chi connectivity index (χ3n) is 5.77. The van der Waals surface area contributed by atoms with Crippen molar-refractivity contribution >= 4 is 21.9 Å². The van der Waals surface area contributed by atoms with Gasteiger partial charge in [-0.05, 0) is 52.0 Å². The zero-order valence-electron chi connectivity index (χ0n) is 20.0. The van der Waals surface area contributed by atoms with Gasteiger partial charge in [-0.3, -0.25) is 0 Å². The van der Waals surface area contributed by atoms with Crippen molar-refractivity contribution in [3.8, 4) is 28.3 Å². The van der Waals surface area contributed by atoms with E-state index in [1.807, 2.05) is 36.7 Å². The Bertz CT molecular complexity index is 1070. The number of aryl methyl sites for hydroxylation is 1. The quantitative estimate of drug-likeness (QED) is 0.229. The number of carbonyl (C=O) groups is 1. The van der Waals surface area contributed by atoms with E-state index in [0.29, 0.717) is 28.2 Å². The van der Waals surface area contributed by atoms with Gasteiger partial charge in [0.05, 0.1) is 16.6 Å². The Balaban J connectivity index is 1.77. The number of carboxylic acids is 1. The maximum atomic E-state index is 11.9. The number of unbranched alkanes of at least 4 members (excludes halogenated alkanes) is 5. The van der Waals surface area contributed by atoms with E-state index in [-0.39, 0.29) is 5.56 Å². The van der Waals surface area contributed by atoms with Crippen LogP contribution in [0.25, 0.3) is 22.5 Å². The van der Waals surface area contributed by atoms with Crippen molar-refractivity contribution in [1.82, 2.24) is 9.97 Å². The van der Waals surface area contributed by atoms with Crippen molar-refractivity contribution in [1.29, 1.82) is 0 Å². The van der Waals surface area contributed by atoms with E-state index < -0.39 is 5.97 Å². The Morgan fingerprint density at radius 1 is 0.882 bits per heavy atom. The van der Waals surface area contributed by atoms with Crippen molar-refractivity contribution < 1.29 is 14.6 Å². The number of aromatic nitrogens is 2. The van der Waals surface area contributed by atoms with E-state index in [4.69, 9.17) is 4.74 Å². The summed E-state index contributed by atoms with van der Waals surface area (Å²) >= 11 is 3.61.